The average molecular weight is 252 g/mol. The summed E-state index contributed by atoms with van der Waals surface area (Å²) in [6.07, 6.45) is 10.8. The molecule has 0 spiro atoms. The van der Waals surface area contributed by atoms with Crippen molar-refractivity contribution in [1.29, 1.82) is 0 Å². The van der Waals surface area contributed by atoms with Gasteiger partial charge in [0.15, 0.2) is 0 Å². The first kappa shape index (κ1) is 15.1. The minimum absolute atomic E-state index is 0.0226. The normalized spacial score (nSPS) is 10.5. The highest BCUT2D eigenvalue weighted by molar-refractivity contribution is 5.58. The molecule has 1 aromatic rings. The van der Waals surface area contributed by atoms with Crippen LogP contribution in [0.15, 0.2) is 29.8 Å². The van der Waals surface area contributed by atoms with E-state index in [2.05, 4.69) is 24.7 Å². The van der Waals surface area contributed by atoms with E-state index < -0.39 is 0 Å². The van der Waals surface area contributed by atoms with Gasteiger partial charge in [-0.15, -0.1) is 12.3 Å². The van der Waals surface area contributed by atoms with Crippen LogP contribution in [0, 0.1) is 31.1 Å². The van der Waals surface area contributed by atoms with Crippen LogP contribution in [0.2, 0.25) is 0 Å². The number of hydrogen-bond acceptors (Lipinski definition) is 1. The SMILES string of the molecule is C#CCCCCC#CC(=Cc1ccc(C)cc1)CO. The molecule has 1 nitrogen and oxygen atoms in total. The van der Waals surface area contributed by atoms with Crippen molar-refractivity contribution in [3.05, 3.63) is 41.0 Å². The first-order valence-electron chi connectivity index (χ1n) is 6.56. The third-order valence-electron chi connectivity index (χ3n) is 2.71. The maximum atomic E-state index is 9.29. The molecule has 0 aliphatic heterocycles. The van der Waals surface area contributed by atoms with Gasteiger partial charge in [0.05, 0.1) is 6.61 Å². The van der Waals surface area contributed by atoms with Gasteiger partial charge < -0.3 is 5.11 Å². The lowest BCUT2D eigenvalue weighted by molar-refractivity contribution is 0.337. The molecule has 0 unspecified atom stereocenters. The summed E-state index contributed by atoms with van der Waals surface area (Å²) in [6, 6.07) is 8.15. The number of terminal acetylenes is 1. The first-order chi connectivity index (χ1) is 9.26. The Hall–Kier alpha value is -1.96. The Kier molecular flexibility index (Phi) is 7.18. The minimum atomic E-state index is -0.0226. The lowest BCUT2D eigenvalue weighted by Gasteiger charge is -1.97. The summed E-state index contributed by atoms with van der Waals surface area (Å²) in [5, 5.41) is 9.29. The van der Waals surface area contributed by atoms with E-state index in [1.165, 1.54) is 5.56 Å². The predicted octanol–water partition coefficient (Wildman–Crippen LogP) is 3.57. The van der Waals surface area contributed by atoms with Crippen LogP contribution >= 0.6 is 0 Å². The number of hydrogen-bond donors (Lipinski definition) is 1. The predicted molar refractivity (Wildman–Crippen MR) is 81.3 cm³/mol. The molecule has 0 amide bonds. The molecule has 1 heteroatoms. The summed E-state index contributed by atoms with van der Waals surface area (Å²) in [4.78, 5) is 0. The standard InChI is InChI=1S/C18H20O/c1-3-4-5-6-7-8-9-18(15-19)14-17-12-10-16(2)11-13-17/h1,10-14,19H,4-7,15H2,2H3. The summed E-state index contributed by atoms with van der Waals surface area (Å²) in [5.74, 6) is 8.72. The Labute approximate surface area is 116 Å². The number of aryl methyl sites for hydroxylation is 1. The van der Waals surface area contributed by atoms with Crippen molar-refractivity contribution in [2.24, 2.45) is 0 Å². The fourth-order valence-corrected chi connectivity index (χ4v) is 1.60. The molecule has 0 aromatic heterocycles. The van der Waals surface area contributed by atoms with Gasteiger partial charge in [-0.05, 0) is 31.4 Å². The topological polar surface area (TPSA) is 20.2 Å². The van der Waals surface area contributed by atoms with E-state index in [9.17, 15) is 5.11 Å². The monoisotopic (exact) mass is 252 g/mol. The molecule has 0 saturated carbocycles. The Balaban J connectivity index is 2.56. The van der Waals surface area contributed by atoms with Gasteiger partial charge in [0, 0.05) is 18.4 Å². The van der Waals surface area contributed by atoms with Crippen molar-refractivity contribution in [2.45, 2.75) is 32.6 Å². The smallest absolute Gasteiger partial charge is 0.0760 e. The molecule has 0 bridgehead atoms. The summed E-state index contributed by atoms with van der Waals surface area (Å²) in [7, 11) is 0. The fraction of sp³-hybridized carbons (Fsp3) is 0.333. The van der Waals surface area contributed by atoms with Gasteiger partial charge in [0.2, 0.25) is 0 Å². The van der Waals surface area contributed by atoms with Gasteiger partial charge in [-0.3, -0.25) is 0 Å². The van der Waals surface area contributed by atoms with E-state index >= 15 is 0 Å². The Morgan fingerprint density at radius 3 is 2.53 bits per heavy atom. The molecule has 1 N–H and O–H groups in total. The van der Waals surface area contributed by atoms with Gasteiger partial charge in [-0.25, -0.2) is 0 Å². The van der Waals surface area contributed by atoms with Gasteiger partial charge in [-0.1, -0.05) is 41.7 Å². The molecule has 0 fully saturated rings. The van der Waals surface area contributed by atoms with E-state index in [4.69, 9.17) is 6.42 Å². The molecule has 0 saturated heterocycles. The third kappa shape index (κ3) is 6.51. The van der Waals surface area contributed by atoms with E-state index in [1.54, 1.807) is 0 Å². The Bertz CT molecular complexity index is 503. The molecule has 0 atom stereocenters. The van der Waals surface area contributed by atoms with Crippen LogP contribution < -0.4 is 0 Å². The van der Waals surface area contributed by atoms with Crippen LogP contribution in [0.5, 0.6) is 0 Å². The van der Waals surface area contributed by atoms with Gasteiger partial charge in [-0.2, -0.15) is 0 Å². The van der Waals surface area contributed by atoms with Crippen LogP contribution in [0.25, 0.3) is 6.08 Å². The second kappa shape index (κ2) is 9.03. The van der Waals surface area contributed by atoms with E-state index in [1.807, 2.05) is 30.3 Å². The quantitative estimate of drug-likeness (QED) is 0.627. The molecular weight excluding hydrogens is 232 g/mol. The van der Waals surface area contributed by atoms with Crippen LogP contribution in [-0.2, 0) is 0 Å². The molecule has 0 heterocycles. The summed E-state index contributed by atoms with van der Waals surface area (Å²) in [5.41, 5.74) is 3.04. The van der Waals surface area contributed by atoms with Crippen LogP contribution in [0.4, 0.5) is 0 Å². The van der Waals surface area contributed by atoms with Crippen LogP contribution in [0.1, 0.15) is 36.8 Å². The Morgan fingerprint density at radius 1 is 1.21 bits per heavy atom. The molecule has 1 rings (SSSR count). The zero-order valence-corrected chi connectivity index (χ0v) is 11.4. The largest absolute Gasteiger partial charge is 0.391 e. The minimum Gasteiger partial charge on any atom is -0.391 e. The summed E-state index contributed by atoms with van der Waals surface area (Å²) < 4.78 is 0. The van der Waals surface area contributed by atoms with Crippen LogP contribution in [0.3, 0.4) is 0 Å². The highest BCUT2D eigenvalue weighted by atomic mass is 16.3. The number of rotatable bonds is 5. The maximum Gasteiger partial charge on any atom is 0.0760 e. The molecule has 1 aromatic carbocycles. The van der Waals surface area contributed by atoms with E-state index in [0.29, 0.717) is 0 Å². The third-order valence-corrected chi connectivity index (χ3v) is 2.71. The molecule has 0 radical (unpaired) electrons. The first-order valence-corrected chi connectivity index (χ1v) is 6.56. The lowest BCUT2D eigenvalue weighted by atomic mass is 10.1. The number of aliphatic hydroxyl groups is 1. The summed E-state index contributed by atoms with van der Waals surface area (Å²) in [6.45, 7) is 2.03. The number of aliphatic hydroxyl groups excluding tert-OH is 1. The number of unbranched alkanes of at least 4 members (excludes halogenated alkanes) is 3. The van der Waals surface area contributed by atoms with Crippen molar-refractivity contribution in [2.75, 3.05) is 6.61 Å². The molecule has 0 aliphatic rings. The van der Waals surface area contributed by atoms with Crippen molar-refractivity contribution in [3.63, 3.8) is 0 Å². The average Bonchev–Trinajstić information content (AvgIpc) is 2.43. The molecular formula is C18H20O. The number of benzene rings is 1. The highest BCUT2D eigenvalue weighted by Crippen LogP contribution is 2.08. The molecule has 98 valence electrons. The van der Waals surface area contributed by atoms with Crippen molar-refractivity contribution in [3.8, 4) is 24.2 Å². The van der Waals surface area contributed by atoms with Crippen molar-refractivity contribution < 1.29 is 5.11 Å². The van der Waals surface area contributed by atoms with Gasteiger partial charge in [0.1, 0.15) is 0 Å². The van der Waals surface area contributed by atoms with Crippen molar-refractivity contribution in [1.82, 2.24) is 0 Å². The zero-order chi connectivity index (χ0) is 13.9. The van der Waals surface area contributed by atoms with E-state index in [-0.39, 0.29) is 6.61 Å². The van der Waals surface area contributed by atoms with Crippen LogP contribution in [-0.4, -0.2) is 11.7 Å². The molecule has 19 heavy (non-hydrogen) atoms. The second-order valence-corrected chi connectivity index (χ2v) is 4.45. The Morgan fingerprint density at radius 2 is 1.89 bits per heavy atom. The lowest BCUT2D eigenvalue weighted by Crippen LogP contribution is -1.87. The highest BCUT2D eigenvalue weighted by Gasteiger charge is 1.92. The molecule has 0 aliphatic carbocycles. The maximum absolute atomic E-state index is 9.29. The zero-order valence-electron chi connectivity index (χ0n) is 11.4. The van der Waals surface area contributed by atoms with Gasteiger partial charge in [0.25, 0.3) is 0 Å². The summed E-state index contributed by atoms with van der Waals surface area (Å²) >= 11 is 0. The van der Waals surface area contributed by atoms with E-state index in [0.717, 1.165) is 36.8 Å². The fourth-order valence-electron chi connectivity index (χ4n) is 1.60. The van der Waals surface area contributed by atoms with Crippen molar-refractivity contribution >= 4 is 6.08 Å². The second-order valence-electron chi connectivity index (χ2n) is 4.45. The van der Waals surface area contributed by atoms with Gasteiger partial charge >= 0.3 is 0 Å².